The molecular formula is C24H28F2O3. The summed E-state index contributed by atoms with van der Waals surface area (Å²) < 4.78 is 44.9. The summed E-state index contributed by atoms with van der Waals surface area (Å²) in [7, 11) is 0. The summed E-state index contributed by atoms with van der Waals surface area (Å²) in [5, 5.41) is 0. The second kappa shape index (κ2) is 10.5. The second-order valence-electron chi connectivity index (χ2n) is 7.19. The van der Waals surface area contributed by atoms with Gasteiger partial charge >= 0.3 is 0 Å². The van der Waals surface area contributed by atoms with E-state index in [-0.39, 0.29) is 36.7 Å². The molecular weight excluding hydrogens is 374 g/mol. The topological polar surface area (TPSA) is 27.7 Å². The number of aryl methyl sites for hydroxylation is 1. The van der Waals surface area contributed by atoms with Crippen molar-refractivity contribution in [3.05, 3.63) is 77.4 Å². The zero-order valence-corrected chi connectivity index (χ0v) is 16.8. The van der Waals surface area contributed by atoms with E-state index in [2.05, 4.69) is 30.8 Å². The van der Waals surface area contributed by atoms with E-state index < -0.39 is 11.6 Å². The number of rotatable bonds is 9. The zero-order valence-electron chi connectivity index (χ0n) is 16.8. The molecule has 0 radical (unpaired) electrons. The highest BCUT2D eigenvalue weighted by Crippen LogP contribution is 2.30. The van der Waals surface area contributed by atoms with Gasteiger partial charge in [-0.3, -0.25) is 0 Å². The molecule has 1 saturated heterocycles. The molecule has 2 atom stereocenters. The van der Waals surface area contributed by atoms with Crippen molar-refractivity contribution < 1.29 is 23.0 Å². The maximum atomic E-state index is 14.2. The first-order valence-electron chi connectivity index (χ1n) is 10.1. The molecule has 1 aliphatic rings. The minimum atomic E-state index is -0.968. The van der Waals surface area contributed by atoms with Crippen molar-refractivity contribution >= 4 is 0 Å². The average Bonchev–Trinajstić information content (AvgIpc) is 2.76. The summed E-state index contributed by atoms with van der Waals surface area (Å²) >= 11 is 0. The molecule has 0 amide bonds. The van der Waals surface area contributed by atoms with Crippen LogP contribution in [0.1, 0.15) is 49.0 Å². The Bertz CT molecular complexity index is 797. The van der Waals surface area contributed by atoms with Crippen LogP contribution in [0.15, 0.2) is 49.1 Å². The van der Waals surface area contributed by atoms with Crippen molar-refractivity contribution in [3.8, 4) is 5.75 Å². The van der Waals surface area contributed by atoms with E-state index in [1.165, 1.54) is 17.7 Å². The van der Waals surface area contributed by atoms with Crippen LogP contribution >= 0.6 is 0 Å². The molecule has 29 heavy (non-hydrogen) atoms. The lowest BCUT2D eigenvalue weighted by molar-refractivity contribution is -0.0925. The molecule has 0 saturated carbocycles. The highest BCUT2D eigenvalue weighted by molar-refractivity contribution is 5.31. The fourth-order valence-corrected chi connectivity index (χ4v) is 3.45. The van der Waals surface area contributed by atoms with Crippen molar-refractivity contribution in [2.75, 3.05) is 13.2 Å². The van der Waals surface area contributed by atoms with Gasteiger partial charge in [0.1, 0.15) is 0 Å². The number of halogens is 2. The molecule has 1 heterocycles. The van der Waals surface area contributed by atoms with Crippen molar-refractivity contribution in [3.63, 3.8) is 0 Å². The van der Waals surface area contributed by atoms with E-state index in [1.54, 1.807) is 6.92 Å². The third kappa shape index (κ3) is 5.64. The minimum Gasteiger partial charge on any atom is -0.491 e. The Labute approximate surface area is 171 Å². The molecule has 0 aliphatic carbocycles. The Kier molecular flexibility index (Phi) is 7.78. The van der Waals surface area contributed by atoms with Crippen molar-refractivity contribution in [1.29, 1.82) is 0 Å². The number of allylic oxidation sites excluding steroid dienone is 1. The fourth-order valence-electron chi connectivity index (χ4n) is 3.45. The fraction of sp³-hybridized carbons (Fsp3) is 0.417. The Balaban J connectivity index is 1.49. The van der Waals surface area contributed by atoms with E-state index >= 15 is 0 Å². The van der Waals surface area contributed by atoms with Gasteiger partial charge in [0, 0.05) is 5.56 Å². The van der Waals surface area contributed by atoms with Crippen molar-refractivity contribution in [2.24, 2.45) is 0 Å². The number of benzene rings is 2. The Morgan fingerprint density at radius 2 is 1.90 bits per heavy atom. The van der Waals surface area contributed by atoms with Crippen LogP contribution in [0.25, 0.3) is 0 Å². The summed E-state index contributed by atoms with van der Waals surface area (Å²) in [6.07, 6.45) is 5.44. The number of hydrogen-bond acceptors (Lipinski definition) is 3. The molecule has 0 N–H and O–H groups in total. The number of hydrogen-bond donors (Lipinski definition) is 0. The predicted molar refractivity (Wildman–Crippen MR) is 109 cm³/mol. The monoisotopic (exact) mass is 402 g/mol. The normalized spacial score (nSPS) is 19.1. The van der Waals surface area contributed by atoms with Gasteiger partial charge in [-0.15, -0.1) is 6.58 Å². The highest BCUT2D eigenvalue weighted by atomic mass is 19.2. The first-order chi connectivity index (χ1) is 14.1. The van der Waals surface area contributed by atoms with E-state index in [9.17, 15) is 8.78 Å². The standard InChI is InChI=1S/C24H28F2O3/c1-3-5-6-17-7-9-18(10-8-17)21-14-12-20(16-29-21)28-15-19-11-13-22(27-4-2)24(26)23(19)25/h3,7-11,13,20-21H,1,4-6,12,14-16H2,2H3. The Morgan fingerprint density at radius 1 is 1.10 bits per heavy atom. The Hall–Kier alpha value is -2.24. The molecule has 0 aromatic heterocycles. The van der Waals surface area contributed by atoms with Gasteiger partial charge in [0.2, 0.25) is 5.82 Å². The maximum Gasteiger partial charge on any atom is 0.200 e. The molecule has 5 heteroatoms. The first kappa shape index (κ1) is 21.5. The van der Waals surface area contributed by atoms with Crippen LogP contribution in [0.3, 0.4) is 0 Å². The summed E-state index contributed by atoms with van der Waals surface area (Å²) in [5.41, 5.74) is 2.63. The van der Waals surface area contributed by atoms with Gasteiger partial charge in [-0.25, -0.2) is 4.39 Å². The van der Waals surface area contributed by atoms with E-state index in [0.717, 1.165) is 31.2 Å². The van der Waals surface area contributed by atoms with Gasteiger partial charge < -0.3 is 14.2 Å². The molecule has 2 aromatic carbocycles. The lowest BCUT2D eigenvalue weighted by atomic mass is 9.98. The van der Waals surface area contributed by atoms with Crippen LogP contribution in [-0.4, -0.2) is 19.3 Å². The van der Waals surface area contributed by atoms with E-state index in [4.69, 9.17) is 14.2 Å². The third-order valence-electron chi connectivity index (χ3n) is 5.12. The second-order valence-corrected chi connectivity index (χ2v) is 7.19. The molecule has 1 fully saturated rings. The predicted octanol–water partition coefficient (Wildman–Crippen LogP) is 5.92. The maximum absolute atomic E-state index is 14.2. The van der Waals surface area contributed by atoms with Crippen molar-refractivity contribution in [2.45, 2.75) is 51.4 Å². The van der Waals surface area contributed by atoms with Gasteiger partial charge in [-0.1, -0.05) is 30.3 Å². The van der Waals surface area contributed by atoms with E-state index in [0.29, 0.717) is 6.61 Å². The largest absolute Gasteiger partial charge is 0.491 e. The Morgan fingerprint density at radius 3 is 2.55 bits per heavy atom. The van der Waals surface area contributed by atoms with Gasteiger partial charge in [0.05, 0.1) is 32.0 Å². The van der Waals surface area contributed by atoms with Crippen molar-refractivity contribution in [1.82, 2.24) is 0 Å². The molecule has 2 aromatic rings. The summed E-state index contributed by atoms with van der Waals surface area (Å²) in [6, 6.07) is 11.4. The van der Waals surface area contributed by atoms with Gasteiger partial charge in [-0.2, -0.15) is 4.39 Å². The zero-order chi connectivity index (χ0) is 20.6. The highest BCUT2D eigenvalue weighted by Gasteiger charge is 2.24. The van der Waals surface area contributed by atoms with Crippen LogP contribution in [-0.2, 0) is 22.5 Å². The summed E-state index contributed by atoms with van der Waals surface area (Å²) in [4.78, 5) is 0. The van der Waals surface area contributed by atoms with Crippen LogP contribution in [0.4, 0.5) is 8.78 Å². The molecule has 0 bridgehead atoms. The molecule has 3 nitrogen and oxygen atoms in total. The van der Waals surface area contributed by atoms with Crippen LogP contribution in [0.5, 0.6) is 5.75 Å². The molecule has 0 spiro atoms. The lowest BCUT2D eigenvalue weighted by Gasteiger charge is -2.29. The van der Waals surface area contributed by atoms with Crippen LogP contribution in [0, 0.1) is 11.6 Å². The third-order valence-corrected chi connectivity index (χ3v) is 5.12. The molecule has 156 valence electrons. The average molecular weight is 402 g/mol. The van der Waals surface area contributed by atoms with Gasteiger partial charge in [0.15, 0.2) is 11.6 Å². The summed E-state index contributed by atoms with van der Waals surface area (Å²) in [6.45, 7) is 6.20. The van der Waals surface area contributed by atoms with Crippen LogP contribution < -0.4 is 4.74 Å². The molecule has 3 rings (SSSR count). The number of ether oxygens (including phenoxy) is 3. The molecule has 1 aliphatic heterocycles. The summed E-state index contributed by atoms with van der Waals surface area (Å²) in [5.74, 6) is -1.96. The van der Waals surface area contributed by atoms with Crippen LogP contribution in [0.2, 0.25) is 0 Å². The van der Waals surface area contributed by atoms with Gasteiger partial charge in [-0.05, 0) is 55.9 Å². The van der Waals surface area contributed by atoms with E-state index in [1.807, 2.05) is 6.08 Å². The molecule has 2 unspecified atom stereocenters. The first-order valence-corrected chi connectivity index (χ1v) is 10.1. The van der Waals surface area contributed by atoms with Gasteiger partial charge in [0.25, 0.3) is 0 Å². The minimum absolute atomic E-state index is 0.00581. The SMILES string of the molecule is C=CCCc1ccc(C2CCC(OCc3ccc(OCC)c(F)c3F)CO2)cc1. The quantitative estimate of drug-likeness (QED) is 0.487. The smallest absolute Gasteiger partial charge is 0.200 e. The lowest BCUT2D eigenvalue weighted by Crippen LogP contribution is -2.27.